The molecule has 1 aliphatic carbocycles. The summed E-state index contributed by atoms with van der Waals surface area (Å²) in [6.07, 6.45) is 8.04. The highest BCUT2D eigenvalue weighted by Crippen LogP contribution is 2.37. The van der Waals surface area contributed by atoms with Gasteiger partial charge in [0.2, 0.25) is 5.91 Å². The van der Waals surface area contributed by atoms with Crippen LogP contribution in [0, 0.1) is 0 Å². The molecule has 1 aliphatic heterocycles. The van der Waals surface area contributed by atoms with Crippen molar-refractivity contribution in [2.75, 3.05) is 0 Å². The van der Waals surface area contributed by atoms with Crippen LogP contribution in [-0.4, -0.2) is 22.9 Å². The van der Waals surface area contributed by atoms with Crippen LogP contribution >= 0.6 is 0 Å². The van der Waals surface area contributed by atoms with Gasteiger partial charge in [0.1, 0.15) is 11.8 Å². The molecule has 18 heavy (non-hydrogen) atoms. The fraction of sp³-hybridized carbons (Fsp3) is 0.643. The van der Waals surface area contributed by atoms with Crippen molar-refractivity contribution in [3.63, 3.8) is 0 Å². The van der Waals surface area contributed by atoms with Gasteiger partial charge in [-0.2, -0.15) is 0 Å². The first-order valence-corrected chi connectivity index (χ1v) is 6.87. The third-order valence-electron chi connectivity index (χ3n) is 4.21. The average molecular weight is 248 g/mol. The number of nitrogens with zero attached hydrogens (tertiary/aromatic N) is 1. The number of nitrogens with two attached hydrogens (primary N) is 1. The zero-order valence-electron chi connectivity index (χ0n) is 10.5. The molecule has 0 radical (unpaired) electrons. The quantitative estimate of drug-likeness (QED) is 0.873. The second-order valence-corrected chi connectivity index (χ2v) is 5.42. The van der Waals surface area contributed by atoms with Crippen LogP contribution in [0.1, 0.15) is 50.3 Å². The number of likely N-dealkylation sites (tertiary alicyclic amines) is 1. The molecule has 98 valence electrons. The molecular formula is C14H20N2O2. The van der Waals surface area contributed by atoms with Gasteiger partial charge < -0.3 is 15.1 Å². The Bertz CT molecular complexity index is 409. The first kappa shape index (κ1) is 11.8. The first-order valence-electron chi connectivity index (χ1n) is 6.87. The number of hydrogen-bond acceptors (Lipinski definition) is 3. The maximum absolute atomic E-state index is 12.2. The lowest BCUT2D eigenvalue weighted by atomic mass is 9.93. The number of rotatable bonds is 2. The summed E-state index contributed by atoms with van der Waals surface area (Å²) in [5.41, 5.74) is 6.14. The molecule has 0 spiro atoms. The van der Waals surface area contributed by atoms with Crippen LogP contribution in [0.5, 0.6) is 0 Å². The van der Waals surface area contributed by atoms with Gasteiger partial charge in [-0.05, 0) is 25.0 Å². The van der Waals surface area contributed by atoms with E-state index in [1.54, 1.807) is 6.26 Å². The standard InChI is InChI=1S/C14H20N2O2/c15-11-9-13(17)16(10-5-2-1-3-6-10)14(11)12-7-4-8-18-12/h4,7-8,10-11,14H,1-3,5-6,9,15H2. The van der Waals surface area contributed by atoms with Crippen molar-refractivity contribution < 1.29 is 9.21 Å². The highest BCUT2D eigenvalue weighted by Gasteiger charge is 2.43. The van der Waals surface area contributed by atoms with Crippen LogP contribution in [0.25, 0.3) is 0 Å². The van der Waals surface area contributed by atoms with E-state index < -0.39 is 0 Å². The van der Waals surface area contributed by atoms with E-state index >= 15 is 0 Å². The molecule has 2 fully saturated rings. The zero-order chi connectivity index (χ0) is 12.5. The Hall–Kier alpha value is -1.29. The van der Waals surface area contributed by atoms with Crippen LogP contribution in [0.15, 0.2) is 22.8 Å². The molecule has 2 atom stereocenters. The predicted octanol–water partition coefficient (Wildman–Crippen LogP) is 2.21. The molecule has 1 aromatic rings. The van der Waals surface area contributed by atoms with Crippen molar-refractivity contribution in [2.24, 2.45) is 5.73 Å². The lowest BCUT2D eigenvalue weighted by molar-refractivity contribution is -0.132. The molecule has 2 unspecified atom stereocenters. The molecule has 2 heterocycles. The van der Waals surface area contributed by atoms with Gasteiger partial charge in [-0.15, -0.1) is 0 Å². The molecule has 2 N–H and O–H groups in total. The van der Waals surface area contributed by atoms with Gasteiger partial charge in [0.05, 0.1) is 6.26 Å². The fourth-order valence-electron chi connectivity index (χ4n) is 3.38. The molecule has 0 bridgehead atoms. The van der Waals surface area contributed by atoms with E-state index in [-0.39, 0.29) is 18.0 Å². The van der Waals surface area contributed by atoms with Crippen molar-refractivity contribution >= 4 is 5.91 Å². The Morgan fingerprint density at radius 3 is 2.72 bits per heavy atom. The highest BCUT2D eigenvalue weighted by molar-refractivity contribution is 5.80. The van der Waals surface area contributed by atoms with E-state index in [2.05, 4.69) is 0 Å². The number of carbonyl (C=O) groups excluding carboxylic acids is 1. The van der Waals surface area contributed by atoms with E-state index in [9.17, 15) is 4.79 Å². The molecule has 1 aromatic heterocycles. The van der Waals surface area contributed by atoms with Gasteiger partial charge >= 0.3 is 0 Å². The SMILES string of the molecule is NC1CC(=O)N(C2CCCCC2)C1c1ccco1. The minimum atomic E-state index is -0.134. The smallest absolute Gasteiger partial charge is 0.225 e. The summed E-state index contributed by atoms with van der Waals surface area (Å²) in [6, 6.07) is 3.96. The van der Waals surface area contributed by atoms with Crippen molar-refractivity contribution in [3.05, 3.63) is 24.2 Å². The van der Waals surface area contributed by atoms with Crippen molar-refractivity contribution in [2.45, 2.75) is 56.7 Å². The Morgan fingerprint density at radius 1 is 1.28 bits per heavy atom. The van der Waals surface area contributed by atoms with E-state index in [0.717, 1.165) is 18.6 Å². The first-order chi connectivity index (χ1) is 8.77. The molecule has 4 nitrogen and oxygen atoms in total. The van der Waals surface area contributed by atoms with E-state index in [1.807, 2.05) is 17.0 Å². The van der Waals surface area contributed by atoms with Crippen molar-refractivity contribution in [3.8, 4) is 0 Å². The summed E-state index contributed by atoms with van der Waals surface area (Å²) >= 11 is 0. The van der Waals surface area contributed by atoms with Crippen LogP contribution in [0.3, 0.4) is 0 Å². The second-order valence-electron chi connectivity index (χ2n) is 5.42. The average Bonchev–Trinajstić information content (AvgIpc) is 2.97. The summed E-state index contributed by atoms with van der Waals surface area (Å²) in [4.78, 5) is 14.2. The topological polar surface area (TPSA) is 59.5 Å². The summed E-state index contributed by atoms with van der Waals surface area (Å²) in [5, 5.41) is 0. The molecule has 3 rings (SSSR count). The molecular weight excluding hydrogens is 228 g/mol. The summed E-state index contributed by atoms with van der Waals surface area (Å²) in [7, 11) is 0. The monoisotopic (exact) mass is 248 g/mol. The molecule has 1 saturated carbocycles. The summed E-state index contributed by atoms with van der Waals surface area (Å²) in [6.45, 7) is 0. The van der Waals surface area contributed by atoms with Gasteiger partial charge in [0, 0.05) is 18.5 Å². The number of amides is 1. The summed E-state index contributed by atoms with van der Waals surface area (Å²) in [5.74, 6) is 1.02. The van der Waals surface area contributed by atoms with Gasteiger partial charge in [-0.25, -0.2) is 0 Å². The zero-order valence-corrected chi connectivity index (χ0v) is 10.5. The summed E-state index contributed by atoms with van der Waals surface area (Å²) < 4.78 is 5.48. The van der Waals surface area contributed by atoms with Crippen LogP contribution in [0.4, 0.5) is 0 Å². The van der Waals surface area contributed by atoms with Crippen LogP contribution in [-0.2, 0) is 4.79 Å². The Balaban J connectivity index is 1.86. The minimum absolute atomic E-state index is 0.0596. The Kier molecular flexibility index (Phi) is 3.12. The predicted molar refractivity (Wildman–Crippen MR) is 67.8 cm³/mol. The molecule has 4 heteroatoms. The molecule has 2 aliphatic rings. The minimum Gasteiger partial charge on any atom is -0.467 e. The lowest BCUT2D eigenvalue weighted by Crippen LogP contribution is -2.41. The van der Waals surface area contributed by atoms with Gasteiger partial charge in [-0.3, -0.25) is 4.79 Å². The molecule has 1 amide bonds. The van der Waals surface area contributed by atoms with Crippen LogP contribution in [0.2, 0.25) is 0 Å². The van der Waals surface area contributed by atoms with Gasteiger partial charge in [0.15, 0.2) is 0 Å². The number of carbonyl (C=O) groups is 1. The Morgan fingerprint density at radius 2 is 2.06 bits per heavy atom. The fourth-order valence-corrected chi connectivity index (χ4v) is 3.38. The van der Waals surface area contributed by atoms with Gasteiger partial charge in [0.25, 0.3) is 0 Å². The van der Waals surface area contributed by atoms with E-state index in [1.165, 1.54) is 19.3 Å². The van der Waals surface area contributed by atoms with Crippen LogP contribution < -0.4 is 5.73 Å². The normalized spacial score (nSPS) is 30.1. The maximum Gasteiger partial charge on any atom is 0.225 e. The third-order valence-corrected chi connectivity index (χ3v) is 4.21. The number of hydrogen-bond donors (Lipinski definition) is 1. The van der Waals surface area contributed by atoms with Gasteiger partial charge in [-0.1, -0.05) is 19.3 Å². The second kappa shape index (κ2) is 4.76. The third kappa shape index (κ3) is 1.94. The molecule has 0 aromatic carbocycles. The largest absolute Gasteiger partial charge is 0.467 e. The molecule has 1 saturated heterocycles. The van der Waals surface area contributed by atoms with E-state index in [4.69, 9.17) is 10.2 Å². The lowest BCUT2D eigenvalue weighted by Gasteiger charge is -2.35. The maximum atomic E-state index is 12.2. The van der Waals surface area contributed by atoms with E-state index in [0.29, 0.717) is 12.5 Å². The van der Waals surface area contributed by atoms with Crippen molar-refractivity contribution in [1.82, 2.24) is 4.90 Å². The number of furan rings is 1. The van der Waals surface area contributed by atoms with Crippen molar-refractivity contribution in [1.29, 1.82) is 0 Å². The highest BCUT2D eigenvalue weighted by atomic mass is 16.3. The Labute approximate surface area is 107 Å².